The maximum atomic E-state index is 10.8. The Hall–Kier alpha value is -1.71. The molecule has 1 rings (SSSR count). The van der Waals surface area contributed by atoms with Gasteiger partial charge in [-0.1, -0.05) is 0 Å². The molecular formula is C10H11NO3. The molecule has 0 unspecified atom stereocenters. The van der Waals surface area contributed by atoms with Gasteiger partial charge in [-0.2, -0.15) is 0 Å². The molecular weight excluding hydrogens is 182 g/mol. The molecule has 0 bridgehead atoms. The number of carbonyl (C=O) groups excluding carboxylic acids is 2. The third-order valence-electron chi connectivity index (χ3n) is 2.13. The van der Waals surface area contributed by atoms with E-state index in [1.54, 1.807) is 13.8 Å². The molecule has 0 saturated carbocycles. The molecule has 1 heterocycles. The van der Waals surface area contributed by atoms with E-state index in [-0.39, 0.29) is 5.88 Å². The highest BCUT2D eigenvalue weighted by Crippen LogP contribution is 2.21. The molecule has 0 aromatic carbocycles. The first kappa shape index (κ1) is 10.4. The van der Waals surface area contributed by atoms with E-state index < -0.39 is 0 Å². The van der Waals surface area contributed by atoms with Crippen LogP contribution in [0.4, 0.5) is 0 Å². The second kappa shape index (κ2) is 4.00. The van der Waals surface area contributed by atoms with Crippen molar-refractivity contribution in [3.05, 3.63) is 22.4 Å². The fourth-order valence-electron chi connectivity index (χ4n) is 1.32. The summed E-state index contributed by atoms with van der Waals surface area (Å²) in [5.74, 6) is 0.264. The molecule has 14 heavy (non-hydrogen) atoms. The van der Waals surface area contributed by atoms with E-state index in [0.717, 1.165) is 0 Å². The number of hydrogen-bond donors (Lipinski definition) is 0. The normalized spacial score (nSPS) is 9.64. The van der Waals surface area contributed by atoms with Crippen LogP contribution in [0.1, 0.15) is 32.0 Å². The van der Waals surface area contributed by atoms with E-state index in [9.17, 15) is 9.59 Å². The molecule has 0 aliphatic carbocycles. The van der Waals surface area contributed by atoms with Crippen LogP contribution >= 0.6 is 0 Å². The molecule has 4 heteroatoms. The van der Waals surface area contributed by atoms with Gasteiger partial charge in [0.1, 0.15) is 0 Å². The quantitative estimate of drug-likeness (QED) is 0.679. The Morgan fingerprint density at radius 3 is 2.14 bits per heavy atom. The average Bonchev–Trinajstić information content (AvgIpc) is 2.17. The van der Waals surface area contributed by atoms with E-state index >= 15 is 0 Å². The van der Waals surface area contributed by atoms with Crippen molar-refractivity contribution in [3.8, 4) is 5.88 Å². The smallest absolute Gasteiger partial charge is 0.224 e. The van der Waals surface area contributed by atoms with Crippen molar-refractivity contribution >= 4 is 12.6 Å². The molecule has 74 valence electrons. The number of aldehydes is 2. The monoisotopic (exact) mass is 193 g/mol. The predicted octanol–water partition coefficient (Wildman–Crippen LogP) is 1.33. The van der Waals surface area contributed by atoms with Crippen LogP contribution in [0.3, 0.4) is 0 Å². The van der Waals surface area contributed by atoms with E-state index in [0.29, 0.717) is 35.0 Å². The first-order chi connectivity index (χ1) is 6.65. The molecule has 1 aromatic rings. The van der Waals surface area contributed by atoms with Gasteiger partial charge in [0.15, 0.2) is 12.6 Å². The summed E-state index contributed by atoms with van der Waals surface area (Å²) in [5.41, 5.74) is 1.97. The number of nitrogens with zero attached hydrogens (tertiary/aromatic N) is 1. The predicted molar refractivity (Wildman–Crippen MR) is 51.0 cm³/mol. The number of aryl methyl sites for hydroxylation is 1. The first-order valence-electron chi connectivity index (χ1n) is 4.11. The van der Waals surface area contributed by atoms with E-state index in [1.165, 1.54) is 7.11 Å². The Morgan fingerprint density at radius 2 is 1.71 bits per heavy atom. The topological polar surface area (TPSA) is 56.3 Å². The van der Waals surface area contributed by atoms with Crippen LogP contribution < -0.4 is 4.74 Å². The third-order valence-corrected chi connectivity index (χ3v) is 2.13. The lowest BCUT2D eigenvalue weighted by molar-refractivity contribution is 0.111. The van der Waals surface area contributed by atoms with Crippen molar-refractivity contribution in [1.82, 2.24) is 4.98 Å². The van der Waals surface area contributed by atoms with Crippen LogP contribution in [0.2, 0.25) is 0 Å². The van der Waals surface area contributed by atoms with Gasteiger partial charge in [-0.15, -0.1) is 0 Å². The largest absolute Gasteiger partial charge is 0.480 e. The summed E-state index contributed by atoms with van der Waals surface area (Å²) < 4.78 is 4.94. The highest BCUT2D eigenvalue weighted by molar-refractivity contribution is 5.88. The summed E-state index contributed by atoms with van der Waals surface area (Å²) in [5, 5.41) is 0. The minimum absolute atomic E-state index is 0.264. The lowest BCUT2D eigenvalue weighted by Crippen LogP contribution is -2.04. The van der Waals surface area contributed by atoms with Crippen molar-refractivity contribution in [2.45, 2.75) is 13.8 Å². The van der Waals surface area contributed by atoms with Gasteiger partial charge in [0.25, 0.3) is 0 Å². The summed E-state index contributed by atoms with van der Waals surface area (Å²) >= 11 is 0. The number of aromatic nitrogens is 1. The number of methoxy groups -OCH3 is 1. The van der Waals surface area contributed by atoms with E-state index in [2.05, 4.69) is 4.98 Å². The van der Waals surface area contributed by atoms with Gasteiger partial charge >= 0.3 is 0 Å². The zero-order valence-corrected chi connectivity index (χ0v) is 8.33. The van der Waals surface area contributed by atoms with Crippen molar-refractivity contribution in [2.24, 2.45) is 0 Å². The average molecular weight is 193 g/mol. The molecule has 0 aliphatic heterocycles. The molecule has 1 aromatic heterocycles. The standard InChI is InChI=1S/C10H11NO3/c1-6-8(4-12)7(2)11-10(14-3)9(6)5-13/h4-5H,1-3H3. The zero-order valence-electron chi connectivity index (χ0n) is 8.33. The summed E-state index contributed by atoms with van der Waals surface area (Å²) in [7, 11) is 1.44. The molecule has 0 N–H and O–H groups in total. The third kappa shape index (κ3) is 1.51. The van der Waals surface area contributed by atoms with Crippen LogP contribution in [0.5, 0.6) is 5.88 Å². The van der Waals surface area contributed by atoms with Crippen LogP contribution in [0.15, 0.2) is 0 Å². The van der Waals surface area contributed by atoms with Gasteiger partial charge in [0.2, 0.25) is 5.88 Å². The zero-order chi connectivity index (χ0) is 10.7. The van der Waals surface area contributed by atoms with E-state index in [1.807, 2.05) is 0 Å². The summed E-state index contributed by atoms with van der Waals surface area (Å²) in [6.45, 7) is 3.40. The Labute approximate surface area is 81.9 Å². The van der Waals surface area contributed by atoms with Gasteiger partial charge in [0, 0.05) is 5.56 Å². The maximum Gasteiger partial charge on any atom is 0.224 e. The number of rotatable bonds is 3. The number of pyridine rings is 1. The summed E-state index contributed by atoms with van der Waals surface area (Å²) in [4.78, 5) is 25.5. The van der Waals surface area contributed by atoms with Crippen molar-refractivity contribution in [1.29, 1.82) is 0 Å². The minimum Gasteiger partial charge on any atom is -0.480 e. The molecule has 0 atom stereocenters. The van der Waals surface area contributed by atoms with Gasteiger partial charge in [0.05, 0.1) is 18.4 Å². The second-order valence-electron chi connectivity index (χ2n) is 2.89. The Morgan fingerprint density at radius 1 is 1.14 bits per heavy atom. The van der Waals surface area contributed by atoms with Crippen LogP contribution in [-0.2, 0) is 0 Å². The lowest BCUT2D eigenvalue weighted by Gasteiger charge is -2.09. The highest BCUT2D eigenvalue weighted by Gasteiger charge is 2.13. The number of carbonyl (C=O) groups is 2. The summed E-state index contributed by atoms with van der Waals surface area (Å²) in [6, 6.07) is 0. The Bertz CT molecular complexity index is 385. The highest BCUT2D eigenvalue weighted by atomic mass is 16.5. The molecule has 0 aliphatic rings. The first-order valence-corrected chi connectivity index (χ1v) is 4.11. The lowest BCUT2D eigenvalue weighted by atomic mass is 10.0. The maximum absolute atomic E-state index is 10.8. The second-order valence-corrected chi connectivity index (χ2v) is 2.89. The molecule has 0 radical (unpaired) electrons. The fraction of sp³-hybridized carbons (Fsp3) is 0.300. The van der Waals surface area contributed by atoms with Gasteiger partial charge in [-0.05, 0) is 19.4 Å². The molecule has 0 amide bonds. The van der Waals surface area contributed by atoms with Crippen LogP contribution in [0, 0.1) is 13.8 Å². The molecule has 0 fully saturated rings. The van der Waals surface area contributed by atoms with Crippen molar-refractivity contribution in [3.63, 3.8) is 0 Å². The van der Waals surface area contributed by atoms with Crippen LogP contribution in [0.25, 0.3) is 0 Å². The molecule has 0 spiro atoms. The Balaban J connectivity index is 3.54. The van der Waals surface area contributed by atoms with Crippen LogP contribution in [-0.4, -0.2) is 24.7 Å². The fourth-order valence-corrected chi connectivity index (χ4v) is 1.32. The Kier molecular flexibility index (Phi) is 2.96. The van der Waals surface area contributed by atoms with Crippen molar-refractivity contribution < 1.29 is 14.3 Å². The van der Waals surface area contributed by atoms with Gasteiger partial charge < -0.3 is 4.74 Å². The number of ether oxygens (including phenoxy) is 1. The van der Waals surface area contributed by atoms with Gasteiger partial charge in [-0.3, -0.25) is 9.59 Å². The SMILES string of the molecule is COc1nc(C)c(C=O)c(C)c1C=O. The number of hydrogen-bond acceptors (Lipinski definition) is 4. The van der Waals surface area contributed by atoms with E-state index in [4.69, 9.17) is 4.74 Å². The van der Waals surface area contributed by atoms with Gasteiger partial charge in [-0.25, -0.2) is 4.98 Å². The molecule has 0 saturated heterocycles. The summed E-state index contributed by atoms with van der Waals surface area (Å²) in [6.07, 6.45) is 1.34. The molecule has 4 nitrogen and oxygen atoms in total. The minimum atomic E-state index is 0.264. The van der Waals surface area contributed by atoms with Crippen molar-refractivity contribution in [2.75, 3.05) is 7.11 Å².